The van der Waals surface area contributed by atoms with Crippen molar-refractivity contribution in [3.63, 3.8) is 0 Å². The van der Waals surface area contributed by atoms with Gasteiger partial charge in [0.2, 0.25) is 0 Å². The second kappa shape index (κ2) is 6.31. The van der Waals surface area contributed by atoms with Crippen molar-refractivity contribution in [1.29, 1.82) is 0 Å². The Balaban J connectivity index is 2.08. The van der Waals surface area contributed by atoms with E-state index in [2.05, 4.69) is 0 Å². The molecule has 0 radical (unpaired) electrons. The van der Waals surface area contributed by atoms with Crippen molar-refractivity contribution in [3.05, 3.63) is 65.7 Å². The SMILES string of the molecule is COC1CC(S(=O)(=O)c2ccc(C)cc2)C(C)(c2ccccc2)O1. The summed E-state index contributed by atoms with van der Waals surface area (Å²) in [5.74, 6) is 0. The third-order valence-corrected chi connectivity index (χ3v) is 7.05. The molecule has 128 valence electrons. The van der Waals surface area contributed by atoms with Crippen molar-refractivity contribution in [3.8, 4) is 0 Å². The molecule has 0 amide bonds. The van der Waals surface area contributed by atoms with Crippen molar-refractivity contribution in [1.82, 2.24) is 0 Å². The van der Waals surface area contributed by atoms with Crippen LogP contribution in [0.2, 0.25) is 0 Å². The molecular formula is C19H22O4S. The van der Waals surface area contributed by atoms with Crippen molar-refractivity contribution < 1.29 is 17.9 Å². The predicted octanol–water partition coefficient (Wildman–Crippen LogP) is 3.45. The van der Waals surface area contributed by atoms with Gasteiger partial charge in [-0.15, -0.1) is 0 Å². The fraction of sp³-hybridized carbons (Fsp3) is 0.368. The molecule has 1 fully saturated rings. The van der Waals surface area contributed by atoms with Gasteiger partial charge in [-0.25, -0.2) is 8.42 Å². The van der Waals surface area contributed by atoms with Crippen LogP contribution >= 0.6 is 0 Å². The third-order valence-electron chi connectivity index (χ3n) is 4.73. The number of sulfone groups is 1. The Kier molecular flexibility index (Phi) is 4.51. The van der Waals surface area contributed by atoms with E-state index in [9.17, 15) is 8.42 Å². The van der Waals surface area contributed by atoms with E-state index in [1.807, 2.05) is 56.3 Å². The second-order valence-corrected chi connectivity index (χ2v) is 8.47. The number of hydrogen-bond donors (Lipinski definition) is 0. The summed E-state index contributed by atoms with van der Waals surface area (Å²) >= 11 is 0. The molecule has 2 aromatic carbocycles. The van der Waals surface area contributed by atoms with Gasteiger partial charge in [-0.1, -0.05) is 48.0 Å². The van der Waals surface area contributed by atoms with Gasteiger partial charge in [-0.2, -0.15) is 0 Å². The summed E-state index contributed by atoms with van der Waals surface area (Å²) in [5.41, 5.74) is 0.911. The van der Waals surface area contributed by atoms with E-state index < -0.39 is 27.0 Å². The number of methoxy groups -OCH3 is 1. The first kappa shape index (κ1) is 17.1. The third kappa shape index (κ3) is 2.88. The van der Waals surface area contributed by atoms with E-state index >= 15 is 0 Å². The first-order valence-corrected chi connectivity index (χ1v) is 9.49. The molecule has 2 aromatic rings. The quantitative estimate of drug-likeness (QED) is 0.851. The minimum atomic E-state index is -3.56. The highest BCUT2D eigenvalue weighted by Gasteiger charge is 2.53. The molecule has 1 aliphatic rings. The van der Waals surface area contributed by atoms with Gasteiger partial charge in [0.05, 0.1) is 4.90 Å². The molecule has 0 bridgehead atoms. The highest BCUT2D eigenvalue weighted by Crippen LogP contribution is 2.45. The number of hydrogen-bond acceptors (Lipinski definition) is 4. The van der Waals surface area contributed by atoms with Crippen molar-refractivity contribution in [2.24, 2.45) is 0 Å². The lowest BCUT2D eigenvalue weighted by Gasteiger charge is -2.30. The van der Waals surface area contributed by atoms with Crippen molar-refractivity contribution in [2.45, 2.75) is 42.3 Å². The second-order valence-electron chi connectivity index (χ2n) is 6.34. The van der Waals surface area contributed by atoms with Gasteiger partial charge in [-0.05, 0) is 31.5 Å². The van der Waals surface area contributed by atoms with Gasteiger partial charge >= 0.3 is 0 Å². The Hall–Kier alpha value is -1.69. The molecule has 0 aromatic heterocycles. The molecule has 5 heteroatoms. The Morgan fingerprint density at radius 3 is 2.29 bits per heavy atom. The zero-order chi connectivity index (χ0) is 17.4. The van der Waals surface area contributed by atoms with Gasteiger partial charge in [0.15, 0.2) is 16.1 Å². The fourth-order valence-electron chi connectivity index (χ4n) is 3.28. The maximum atomic E-state index is 13.3. The molecule has 0 spiro atoms. The fourth-order valence-corrected chi connectivity index (χ4v) is 5.32. The summed E-state index contributed by atoms with van der Waals surface area (Å²) in [6, 6.07) is 16.4. The molecule has 24 heavy (non-hydrogen) atoms. The summed E-state index contributed by atoms with van der Waals surface area (Å²) in [6.45, 7) is 3.77. The first-order valence-electron chi connectivity index (χ1n) is 7.94. The van der Waals surface area contributed by atoms with Gasteiger partial charge in [0, 0.05) is 13.5 Å². The first-order chi connectivity index (χ1) is 11.4. The highest BCUT2D eigenvalue weighted by molar-refractivity contribution is 7.92. The highest BCUT2D eigenvalue weighted by atomic mass is 32.2. The molecular weight excluding hydrogens is 324 g/mol. The molecule has 3 rings (SSSR count). The topological polar surface area (TPSA) is 52.6 Å². The lowest BCUT2D eigenvalue weighted by atomic mass is 9.92. The smallest absolute Gasteiger partial charge is 0.184 e. The van der Waals surface area contributed by atoms with Crippen LogP contribution in [-0.4, -0.2) is 27.1 Å². The maximum Gasteiger partial charge on any atom is 0.184 e. The van der Waals surface area contributed by atoms with E-state index in [-0.39, 0.29) is 0 Å². The summed E-state index contributed by atoms with van der Waals surface area (Å²) in [4.78, 5) is 0.320. The Labute approximate surface area is 143 Å². The summed E-state index contributed by atoms with van der Waals surface area (Å²) < 4.78 is 37.9. The zero-order valence-corrected chi connectivity index (χ0v) is 14.9. The minimum absolute atomic E-state index is 0.304. The lowest BCUT2D eigenvalue weighted by Crippen LogP contribution is -2.39. The Morgan fingerprint density at radius 2 is 1.71 bits per heavy atom. The van der Waals surface area contributed by atoms with Crippen molar-refractivity contribution >= 4 is 9.84 Å². The van der Waals surface area contributed by atoms with Crippen LogP contribution in [0.1, 0.15) is 24.5 Å². The molecule has 3 unspecified atom stereocenters. The van der Waals surface area contributed by atoms with Gasteiger partial charge in [0.1, 0.15) is 10.9 Å². The summed E-state index contributed by atoms with van der Waals surface area (Å²) in [6.07, 6.45) is -0.238. The standard InChI is InChI=1S/C19H22O4S/c1-14-9-11-16(12-10-14)24(20,21)17-13-18(22-3)23-19(17,2)15-7-5-4-6-8-15/h4-12,17-18H,13H2,1-3H3. The average Bonchev–Trinajstić information content (AvgIpc) is 2.95. The van der Waals surface area contributed by atoms with E-state index in [0.717, 1.165) is 11.1 Å². The van der Waals surface area contributed by atoms with E-state index in [1.165, 1.54) is 7.11 Å². The lowest BCUT2D eigenvalue weighted by molar-refractivity contribution is -0.151. The largest absolute Gasteiger partial charge is 0.356 e. The number of rotatable bonds is 4. The Bertz CT molecular complexity index is 799. The van der Waals surface area contributed by atoms with E-state index in [4.69, 9.17) is 9.47 Å². The molecule has 1 saturated heterocycles. The molecule has 1 aliphatic heterocycles. The number of aryl methyl sites for hydroxylation is 1. The normalized spacial score (nSPS) is 27.3. The van der Waals surface area contributed by atoms with Crippen LogP contribution in [-0.2, 0) is 24.9 Å². The van der Waals surface area contributed by atoms with Crippen LogP contribution < -0.4 is 0 Å². The predicted molar refractivity (Wildman–Crippen MR) is 92.4 cm³/mol. The molecule has 3 atom stereocenters. The van der Waals surface area contributed by atoms with Crippen LogP contribution in [0.15, 0.2) is 59.5 Å². The van der Waals surface area contributed by atoms with Crippen LogP contribution in [0.4, 0.5) is 0 Å². The van der Waals surface area contributed by atoms with E-state index in [1.54, 1.807) is 12.1 Å². The Morgan fingerprint density at radius 1 is 1.08 bits per heavy atom. The van der Waals surface area contributed by atoms with Gasteiger partial charge < -0.3 is 9.47 Å². The molecule has 1 heterocycles. The van der Waals surface area contributed by atoms with Crippen LogP contribution in [0, 0.1) is 6.92 Å². The van der Waals surface area contributed by atoms with E-state index in [0.29, 0.717) is 11.3 Å². The monoisotopic (exact) mass is 346 g/mol. The average molecular weight is 346 g/mol. The molecule has 4 nitrogen and oxygen atoms in total. The van der Waals surface area contributed by atoms with Crippen LogP contribution in [0.25, 0.3) is 0 Å². The minimum Gasteiger partial charge on any atom is -0.356 e. The maximum absolute atomic E-state index is 13.3. The van der Waals surface area contributed by atoms with Gasteiger partial charge in [-0.3, -0.25) is 0 Å². The summed E-state index contributed by atoms with van der Waals surface area (Å²) in [5, 5.41) is -0.708. The zero-order valence-electron chi connectivity index (χ0n) is 14.1. The number of ether oxygens (including phenoxy) is 2. The molecule has 0 N–H and O–H groups in total. The molecule has 0 saturated carbocycles. The van der Waals surface area contributed by atoms with Crippen molar-refractivity contribution in [2.75, 3.05) is 7.11 Å². The van der Waals surface area contributed by atoms with Gasteiger partial charge in [0.25, 0.3) is 0 Å². The van der Waals surface area contributed by atoms with Crippen LogP contribution in [0.3, 0.4) is 0 Å². The van der Waals surface area contributed by atoms with Crippen LogP contribution in [0.5, 0.6) is 0 Å². The summed E-state index contributed by atoms with van der Waals surface area (Å²) in [7, 11) is -2.02. The number of benzene rings is 2. The molecule has 0 aliphatic carbocycles.